The second kappa shape index (κ2) is 8.61. The molecule has 1 aliphatic heterocycles. The van der Waals surface area contributed by atoms with E-state index < -0.39 is 35.4 Å². The number of hydrogen-bond donors (Lipinski definition) is 1. The van der Waals surface area contributed by atoms with Crippen LogP contribution in [0.3, 0.4) is 0 Å². The van der Waals surface area contributed by atoms with E-state index in [1.54, 1.807) is 13.8 Å². The highest BCUT2D eigenvalue weighted by Crippen LogP contribution is 2.37. The zero-order valence-electron chi connectivity index (χ0n) is 15.3. The molecule has 0 radical (unpaired) electrons. The van der Waals surface area contributed by atoms with Gasteiger partial charge in [-0.1, -0.05) is 12.1 Å². The fourth-order valence-electron chi connectivity index (χ4n) is 2.74. The Bertz CT molecular complexity index is 749. The summed E-state index contributed by atoms with van der Waals surface area (Å²) in [5.41, 5.74) is 1.23. The van der Waals surface area contributed by atoms with Crippen molar-refractivity contribution in [3.05, 3.63) is 35.6 Å². The van der Waals surface area contributed by atoms with Crippen LogP contribution in [-0.2, 0) is 28.6 Å². The molecule has 2 rings (SSSR count). The Morgan fingerprint density at radius 2 is 1.81 bits per heavy atom. The second-order valence-corrected chi connectivity index (χ2v) is 5.80. The van der Waals surface area contributed by atoms with Crippen molar-refractivity contribution in [2.45, 2.75) is 38.8 Å². The number of esters is 3. The van der Waals surface area contributed by atoms with Crippen LogP contribution in [0.4, 0.5) is 4.39 Å². The lowest BCUT2D eigenvalue weighted by Gasteiger charge is -2.34. The Morgan fingerprint density at radius 3 is 2.37 bits per heavy atom. The van der Waals surface area contributed by atoms with Crippen molar-refractivity contribution in [3.8, 4) is 0 Å². The van der Waals surface area contributed by atoms with Crippen molar-refractivity contribution in [2.75, 3.05) is 13.2 Å². The molecule has 146 valence electrons. The van der Waals surface area contributed by atoms with Gasteiger partial charge in [-0.25, -0.2) is 14.0 Å². The van der Waals surface area contributed by atoms with Crippen LogP contribution in [0.25, 0.3) is 0 Å². The zero-order chi connectivity index (χ0) is 20.0. The van der Waals surface area contributed by atoms with Crippen LogP contribution in [0, 0.1) is 5.82 Å². The molecular weight excluding hydrogens is 359 g/mol. The number of benzene rings is 1. The molecule has 0 aromatic heterocycles. The number of ether oxygens (including phenoxy) is 3. The SMILES string of the molecule is CCOC(=O)C1=NNC(C(=O)OCC)(C(OC(C)=O)c2ccc(F)cc2)C1. The van der Waals surface area contributed by atoms with E-state index in [-0.39, 0.29) is 25.3 Å². The Kier molecular flexibility index (Phi) is 6.49. The average molecular weight is 380 g/mol. The molecule has 1 aromatic carbocycles. The van der Waals surface area contributed by atoms with Crippen molar-refractivity contribution >= 4 is 23.6 Å². The van der Waals surface area contributed by atoms with Gasteiger partial charge in [0, 0.05) is 13.3 Å². The summed E-state index contributed by atoms with van der Waals surface area (Å²) in [5, 5.41) is 3.91. The molecular formula is C18H21FN2O6. The van der Waals surface area contributed by atoms with Gasteiger partial charge in [-0.3, -0.25) is 10.2 Å². The Labute approximate surface area is 155 Å². The molecule has 8 nitrogen and oxygen atoms in total. The normalized spacial score (nSPS) is 19.5. The van der Waals surface area contributed by atoms with Crippen LogP contribution in [0.5, 0.6) is 0 Å². The van der Waals surface area contributed by atoms with E-state index in [0.717, 1.165) is 0 Å². The number of halogens is 1. The summed E-state index contributed by atoms with van der Waals surface area (Å²) < 4.78 is 28.7. The summed E-state index contributed by atoms with van der Waals surface area (Å²) in [6.07, 6.45) is -1.43. The van der Waals surface area contributed by atoms with E-state index in [1.807, 2.05) is 0 Å². The van der Waals surface area contributed by atoms with Crippen LogP contribution in [0.15, 0.2) is 29.4 Å². The second-order valence-electron chi connectivity index (χ2n) is 5.80. The quantitative estimate of drug-likeness (QED) is 0.567. The highest BCUT2D eigenvalue weighted by molar-refractivity contribution is 6.37. The molecule has 2 atom stereocenters. The van der Waals surface area contributed by atoms with Gasteiger partial charge >= 0.3 is 17.9 Å². The van der Waals surface area contributed by atoms with Gasteiger partial charge in [0.2, 0.25) is 0 Å². The molecule has 0 amide bonds. The number of hydrazone groups is 1. The minimum atomic E-state index is -1.68. The van der Waals surface area contributed by atoms with Gasteiger partial charge in [-0.15, -0.1) is 0 Å². The number of rotatable bonds is 7. The van der Waals surface area contributed by atoms with Crippen molar-refractivity contribution < 1.29 is 33.0 Å². The number of carbonyl (C=O) groups excluding carboxylic acids is 3. The molecule has 0 spiro atoms. The maximum atomic E-state index is 13.3. The standard InChI is InChI=1S/C18H21FN2O6/c1-4-25-16(23)14-10-18(21-20-14,17(24)26-5-2)15(27-11(3)22)12-6-8-13(19)9-7-12/h6-9,15,21H,4-5,10H2,1-3H3. The highest BCUT2D eigenvalue weighted by atomic mass is 19.1. The highest BCUT2D eigenvalue weighted by Gasteiger charge is 2.55. The molecule has 9 heteroatoms. The van der Waals surface area contributed by atoms with E-state index in [4.69, 9.17) is 14.2 Å². The largest absolute Gasteiger partial charge is 0.464 e. The van der Waals surface area contributed by atoms with E-state index in [0.29, 0.717) is 5.56 Å². The number of nitrogens with zero attached hydrogens (tertiary/aromatic N) is 1. The lowest BCUT2D eigenvalue weighted by atomic mass is 9.84. The van der Waals surface area contributed by atoms with Gasteiger partial charge in [0.05, 0.1) is 13.2 Å². The maximum absolute atomic E-state index is 13.3. The van der Waals surface area contributed by atoms with Gasteiger partial charge in [0.25, 0.3) is 0 Å². The molecule has 1 aromatic rings. The van der Waals surface area contributed by atoms with Crippen LogP contribution in [-0.4, -0.2) is 42.4 Å². The van der Waals surface area contributed by atoms with E-state index >= 15 is 0 Å². The van der Waals surface area contributed by atoms with Crippen molar-refractivity contribution in [2.24, 2.45) is 5.10 Å². The first-order chi connectivity index (χ1) is 12.8. The van der Waals surface area contributed by atoms with Crippen molar-refractivity contribution in [3.63, 3.8) is 0 Å². The third-order valence-corrected chi connectivity index (χ3v) is 3.89. The van der Waals surface area contributed by atoms with Crippen LogP contribution in [0.1, 0.15) is 38.9 Å². The maximum Gasteiger partial charge on any atom is 0.354 e. The first-order valence-electron chi connectivity index (χ1n) is 8.44. The van der Waals surface area contributed by atoms with E-state index in [2.05, 4.69) is 10.5 Å². The fraction of sp³-hybridized carbons (Fsp3) is 0.444. The topological polar surface area (TPSA) is 103 Å². The Balaban J connectivity index is 2.46. The third-order valence-electron chi connectivity index (χ3n) is 3.89. The minimum Gasteiger partial charge on any atom is -0.464 e. The molecule has 27 heavy (non-hydrogen) atoms. The summed E-state index contributed by atoms with van der Waals surface area (Å²) in [5.74, 6) is -2.62. The molecule has 0 fully saturated rings. The molecule has 0 saturated heterocycles. The van der Waals surface area contributed by atoms with E-state index in [9.17, 15) is 18.8 Å². The summed E-state index contributed by atoms with van der Waals surface area (Å²) in [7, 11) is 0. The fourth-order valence-corrected chi connectivity index (χ4v) is 2.74. The Hall–Kier alpha value is -2.97. The summed E-state index contributed by atoms with van der Waals surface area (Å²) in [6, 6.07) is 5.11. The van der Waals surface area contributed by atoms with Crippen LogP contribution >= 0.6 is 0 Å². The summed E-state index contributed by atoms with van der Waals surface area (Å²) in [4.78, 5) is 36.5. The molecule has 2 unspecified atom stereocenters. The van der Waals surface area contributed by atoms with Crippen LogP contribution < -0.4 is 5.43 Å². The first-order valence-corrected chi connectivity index (χ1v) is 8.44. The number of hydrogen-bond acceptors (Lipinski definition) is 8. The predicted molar refractivity (Wildman–Crippen MR) is 92.1 cm³/mol. The monoisotopic (exact) mass is 380 g/mol. The molecule has 0 saturated carbocycles. The predicted octanol–water partition coefficient (Wildman–Crippen LogP) is 1.64. The first kappa shape index (κ1) is 20.3. The smallest absolute Gasteiger partial charge is 0.354 e. The van der Waals surface area contributed by atoms with Gasteiger partial charge in [-0.05, 0) is 31.5 Å². The number of nitrogens with one attached hydrogen (secondary N) is 1. The summed E-state index contributed by atoms with van der Waals surface area (Å²) in [6.45, 7) is 4.63. The van der Waals surface area contributed by atoms with E-state index in [1.165, 1.54) is 31.2 Å². The lowest BCUT2D eigenvalue weighted by Crippen LogP contribution is -2.54. The van der Waals surface area contributed by atoms with Gasteiger partial charge in [0.1, 0.15) is 11.5 Å². The molecule has 1 heterocycles. The Morgan fingerprint density at radius 1 is 1.19 bits per heavy atom. The minimum absolute atomic E-state index is 0.0378. The number of carbonyl (C=O) groups is 3. The van der Waals surface area contributed by atoms with Crippen molar-refractivity contribution in [1.29, 1.82) is 0 Å². The molecule has 0 aliphatic carbocycles. The molecule has 0 bridgehead atoms. The average Bonchev–Trinajstić information content (AvgIpc) is 3.07. The molecule has 1 N–H and O–H groups in total. The van der Waals surface area contributed by atoms with Gasteiger partial charge in [0.15, 0.2) is 11.6 Å². The lowest BCUT2D eigenvalue weighted by molar-refractivity contribution is -0.165. The van der Waals surface area contributed by atoms with Crippen molar-refractivity contribution in [1.82, 2.24) is 5.43 Å². The van der Waals surface area contributed by atoms with Gasteiger partial charge < -0.3 is 14.2 Å². The summed E-state index contributed by atoms with van der Waals surface area (Å²) >= 11 is 0. The molecule has 1 aliphatic rings. The van der Waals surface area contributed by atoms with Gasteiger partial charge in [-0.2, -0.15) is 5.10 Å². The zero-order valence-corrected chi connectivity index (χ0v) is 15.3. The third kappa shape index (κ3) is 4.42. The van der Waals surface area contributed by atoms with Crippen LogP contribution in [0.2, 0.25) is 0 Å².